The predicted molar refractivity (Wildman–Crippen MR) is 102 cm³/mol. The minimum absolute atomic E-state index is 0.0329. The molecule has 124 valence electrons. The largest absolute Gasteiger partial charge is 0.350 e. The van der Waals surface area contributed by atoms with Gasteiger partial charge in [-0.15, -0.1) is 0 Å². The van der Waals surface area contributed by atoms with Gasteiger partial charge < -0.3 is 9.88 Å². The van der Waals surface area contributed by atoms with Gasteiger partial charge in [-0.1, -0.05) is 36.4 Å². The minimum atomic E-state index is -0.259. The second-order valence-electron chi connectivity index (χ2n) is 6.30. The van der Waals surface area contributed by atoms with E-state index in [-0.39, 0.29) is 11.8 Å². The fourth-order valence-corrected chi connectivity index (χ4v) is 3.31. The molecule has 4 heteroatoms. The lowest BCUT2D eigenvalue weighted by Crippen LogP contribution is -2.19. The molecule has 4 nitrogen and oxygen atoms in total. The van der Waals surface area contributed by atoms with E-state index in [9.17, 15) is 4.79 Å². The number of hydrogen-bond donors (Lipinski definition) is 1. The Bertz CT molecular complexity index is 1080. The number of carbonyl (C=O) groups excluding carboxylic acids is 1. The molecule has 0 fully saturated rings. The molecule has 0 aliphatic rings. The van der Waals surface area contributed by atoms with Crippen molar-refractivity contribution in [3.63, 3.8) is 0 Å². The highest BCUT2D eigenvalue weighted by Crippen LogP contribution is 2.29. The van der Waals surface area contributed by atoms with Gasteiger partial charge in [-0.25, -0.2) is 0 Å². The average Bonchev–Trinajstić information content (AvgIpc) is 2.98. The van der Waals surface area contributed by atoms with Crippen LogP contribution in [0.1, 0.15) is 18.4 Å². The second-order valence-corrected chi connectivity index (χ2v) is 6.30. The third-order valence-corrected chi connectivity index (χ3v) is 4.68. The molecule has 0 aliphatic carbocycles. The SMILES string of the molecule is CC(C(=O)Nc1cccc2cccnc12)c1cn(C)c2ccccc12. The number of aromatic nitrogens is 2. The van der Waals surface area contributed by atoms with E-state index in [4.69, 9.17) is 0 Å². The monoisotopic (exact) mass is 329 g/mol. The first kappa shape index (κ1) is 15.4. The summed E-state index contributed by atoms with van der Waals surface area (Å²) in [6, 6.07) is 17.9. The highest BCUT2D eigenvalue weighted by molar-refractivity contribution is 6.04. The number of nitrogens with one attached hydrogen (secondary N) is 1. The first-order valence-corrected chi connectivity index (χ1v) is 8.34. The maximum Gasteiger partial charge on any atom is 0.231 e. The maximum atomic E-state index is 12.9. The van der Waals surface area contributed by atoms with Crippen LogP contribution < -0.4 is 5.32 Å². The summed E-state index contributed by atoms with van der Waals surface area (Å²) in [5.41, 5.74) is 3.71. The van der Waals surface area contributed by atoms with Gasteiger partial charge in [0, 0.05) is 35.7 Å². The third kappa shape index (κ3) is 2.66. The summed E-state index contributed by atoms with van der Waals surface area (Å²) in [7, 11) is 2.01. The van der Waals surface area contributed by atoms with Crippen LogP contribution in [-0.4, -0.2) is 15.5 Å². The molecular weight excluding hydrogens is 310 g/mol. The zero-order valence-corrected chi connectivity index (χ0v) is 14.2. The van der Waals surface area contributed by atoms with Crippen molar-refractivity contribution in [2.45, 2.75) is 12.8 Å². The Kier molecular flexibility index (Phi) is 3.73. The van der Waals surface area contributed by atoms with Crippen molar-refractivity contribution < 1.29 is 4.79 Å². The van der Waals surface area contributed by atoms with Crippen LogP contribution in [0.15, 0.2) is 67.0 Å². The quantitative estimate of drug-likeness (QED) is 0.603. The molecule has 4 rings (SSSR count). The number of nitrogens with zero attached hydrogens (tertiary/aromatic N) is 2. The first-order valence-electron chi connectivity index (χ1n) is 8.34. The van der Waals surface area contributed by atoms with Crippen LogP contribution in [0.25, 0.3) is 21.8 Å². The average molecular weight is 329 g/mol. The van der Waals surface area contributed by atoms with Gasteiger partial charge in [0.1, 0.15) is 0 Å². The molecule has 1 atom stereocenters. The summed E-state index contributed by atoms with van der Waals surface area (Å²) in [6.07, 6.45) is 3.78. The maximum absolute atomic E-state index is 12.9. The molecule has 2 aromatic heterocycles. The predicted octanol–water partition coefficient (Wildman–Crippen LogP) is 4.47. The van der Waals surface area contributed by atoms with Gasteiger partial charge in [-0.2, -0.15) is 0 Å². The highest BCUT2D eigenvalue weighted by Gasteiger charge is 2.20. The van der Waals surface area contributed by atoms with E-state index >= 15 is 0 Å². The molecule has 1 N–H and O–H groups in total. The Balaban J connectivity index is 1.68. The van der Waals surface area contributed by atoms with Crippen molar-refractivity contribution in [1.82, 2.24) is 9.55 Å². The molecule has 0 saturated heterocycles. The number of benzene rings is 2. The molecular formula is C21H19N3O. The van der Waals surface area contributed by atoms with Crippen LogP contribution in [0.3, 0.4) is 0 Å². The Labute approximate surface area is 146 Å². The Morgan fingerprint density at radius 1 is 1.08 bits per heavy atom. The summed E-state index contributed by atoms with van der Waals surface area (Å²) in [4.78, 5) is 17.3. The fourth-order valence-electron chi connectivity index (χ4n) is 3.31. The van der Waals surface area contributed by atoms with Crippen LogP contribution >= 0.6 is 0 Å². The number of amides is 1. The first-order chi connectivity index (χ1) is 12.1. The highest BCUT2D eigenvalue weighted by atomic mass is 16.1. The van der Waals surface area contributed by atoms with E-state index < -0.39 is 0 Å². The number of aryl methyl sites for hydroxylation is 1. The molecule has 2 aromatic carbocycles. The molecule has 0 radical (unpaired) electrons. The van der Waals surface area contributed by atoms with Crippen molar-refractivity contribution in [3.05, 3.63) is 72.6 Å². The summed E-state index contributed by atoms with van der Waals surface area (Å²) >= 11 is 0. The summed E-state index contributed by atoms with van der Waals surface area (Å²) in [5.74, 6) is -0.292. The fraction of sp³-hybridized carbons (Fsp3) is 0.143. The molecule has 4 aromatic rings. The number of rotatable bonds is 3. The van der Waals surface area contributed by atoms with E-state index in [1.807, 2.05) is 62.6 Å². The topological polar surface area (TPSA) is 46.9 Å². The van der Waals surface area contributed by atoms with Gasteiger partial charge in [0.2, 0.25) is 5.91 Å². The van der Waals surface area contributed by atoms with E-state index in [1.54, 1.807) is 6.20 Å². The zero-order valence-electron chi connectivity index (χ0n) is 14.2. The van der Waals surface area contributed by atoms with E-state index in [0.717, 1.165) is 33.1 Å². The number of anilines is 1. The van der Waals surface area contributed by atoms with Gasteiger partial charge in [-0.05, 0) is 30.7 Å². The number of carbonyl (C=O) groups is 1. The van der Waals surface area contributed by atoms with Crippen LogP contribution in [0.4, 0.5) is 5.69 Å². The molecule has 25 heavy (non-hydrogen) atoms. The van der Waals surface area contributed by atoms with Gasteiger partial charge in [0.15, 0.2) is 0 Å². The van der Waals surface area contributed by atoms with Gasteiger partial charge in [0.05, 0.1) is 17.1 Å². The lowest BCUT2D eigenvalue weighted by molar-refractivity contribution is -0.117. The van der Waals surface area contributed by atoms with Gasteiger partial charge in [0.25, 0.3) is 0 Å². The Morgan fingerprint density at radius 3 is 2.76 bits per heavy atom. The van der Waals surface area contributed by atoms with Crippen LogP contribution in [0.5, 0.6) is 0 Å². The Hall–Kier alpha value is -3.14. The number of fused-ring (bicyclic) bond motifs is 2. The normalized spacial score (nSPS) is 12.4. The van der Waals surface area contributed by atoms with Crippen molar-refractivity contribution in [3.8, 4) is 0 Å². The van der Waals surface area contributed by atoms with Gasteiger partial charge >= 0.3 is 0 Å². The number of para-hydroxylation sites is 2. The third-order valence-electron chi connectivity index (χ3n) is 4.68. The summed E-state index contributed by atoms with van der Waals surface area (Å²) < 4.78 is 2.06. The number of pyridine rings is 1. The molecule has 0 saturated carbocycles. The molecule has 0 bridgehead atoms. The summed E-state index contributed by atoms with van der Waals surface area (Å²) in [6.45, 7) is 1.94. The van der Waals surface area contributed by atoms with Crippen molar-refractivity contribution in [2.75, 3.05) is 5.32 Å². The summed E-state index contributed by atoms with van der Waals surface area (Å²) in [5, 5.41) is 5.17. The van der Waals surface area contributed by atoms with Crippen molar-refractivity contribution >= 4 is 33.4 Å². The lowest BCUT2D eigenvalue weighted by atomic mass is 9.99. The van der Waals surface area contributed by atoms with Crippen LogP contribution in [0, 0.1) is 0 Å². The van der Waals surface area contributed by atoms with Crippen LogP contribution in [-0.2, 0) is 11.8 Å². The Morgan fingerprint density at radius 2 is 1.88 bits per heavy atom. The molecule has 0 spiro atoms. The molecule has 0 aliphatic heterocycles. The second kappa shape index (κ2) is 6.06. The van der Waals surface area contributed by atoms with Gasteiger partial charge in [-0.3, -0.25) is 9.78 Å². The minimum Gasteiger partial charge on any atom is -0.350 e. The molecule has 1 amide bonds. The molecule has 2 heterocycles. The smallest absolute Gasteiger partial charge is 0.231 e. The van der Waals surface area contributed by atoms with Crippen LogP contribution in [0.2, 0.25) is 0 Å². The zero-order chi connectivity index (χ0) is 17.4. The van der Waals surface area contributed by atoms with Crippen molar-refractivity contribution in [2.24, 2.45) is 7.05 Å². The lowest BCUT2D eigenvalue weighted by Gasteiger charge is -2.13. The van der Waals surface area contributed by atoms with E-state index in [0.29, 0.717) is 0 Å². The standard InChI is InChI=1S/C21H19N3O/c1-14(17-13-24(2)19-11-4-3-9-16(17)19)21(25)23-18-10-5-7-15-8-6-12-22-20(15)18/h3-14H,1-2H3,(H,23,25). The van der Waals surface area contributed by atoms with E-state index in [2.05, 4.69) is 27.0 Å². The van der Waals surface area contributed by atoms with E-state index in [1.165, 1.54) is 0 Å². The molecule has 1 unspecified atom stereocenters. The number of hydrogen-bond acceptors (Lipinski definition) is 2. The van der Waals surface area contributed by atoms with Crippen molar-refractivity contribution in [1.29, 1.82) is 0 Å².